The van der Waals surface area contributed by atoms with Crippen LogP contribution in [0.5, 0.6) is 5.75 Å². The zero-order chi connectivity index (χ0) is 19.6. The SMILES string of the molecule is CC(=NNS(=O)(=O)c1cccc([N+](=O)[O-])c1)c1ccc2ccccc2c1O. The van der Waals surface area contributed by atoms with E-state index in [4.69, 9.17) is 0 Å². The number of nitrogens with zero attached hydrogens (tertiary/aromatic N) is 2. The maximum atomic E-state index is 12.3. The Morgan fingerprint density at radius 3 is 2.59 bits per heavy atom. The fraction of sp³-hybridized carbons (Fsp3) is 0.0556. The minimum absolute atomic E-state index is 0.0103. The number of nitrogens with one attached hydrogen (secondary N) is 1. The largest absolute Gasteiger partial charge is 0.507 e. The second-order valence-electron chi connectivity index (χ2n) is 5.73. The van der Waals surface area contributed by atoms with Crippen molar-refractivity contribution in [2.24, 2.45) is 5.10 Å². The van der Waals surface area contributed by atoms with Crippen LogP contribution in [0.3, 0.4) is 0 Å². The van der Waals surface area contributed by atoms with Gasteiger partial charge in [-0.15, -0.1) is 0 Å². The molecule has 3 aromatic rings. The highest BCUT2D eigenvalue weighted by molar-refractivity contribution is 7.89. The lowest BCUT2D eigenvalue weighted by molar-refractivity contribution is -0.385. The molecule has 0 heterocycles. The molecule has 0 aromatic heterocycles. The monoisotopic (exact) mass is 385 g/mol. The van der Waals surface area contributed by atoms with E-state index in [0.717, 1.165) is 11.5 Å². The first-order valence-electron chi connectivity index (χ1n) is 7.81. The predicted molar refractivity (Wildman–Crippen MR) is 101 cm³/mol. The van der Waals surface area contributed by atoms with Crippen LogP contribution < -0.4 is 4.83 Å². The molecular formula is C18H15N3O5S. The van der Waals surface area contributed by atoms with Crippen LogP contribution >= 0.6 is 0 Å². The van der Waals surface area contributed by atoms with Crippen LogP contribution in [0.1, 0.15) is 12.5 Å². The molecule has 0 aliphatic heterocycles. The van der Waals surface area contributed by atoms with E-state index in [0.29, 0.717) is 10.9 Å². The van der Waals surface area contributed by atoms with Gasteiger partial charge in [-0.3, -0.25) is 10.1 Å². The third kappa shape index (κ3) is 3.72. The fourth-order valence-electron chi connectivity index (χ4n) is 2.55. The summed E-state index contributed by atoms with van der Waals surface area (Å²) in [6.07, 6.45) is 0. The first-order valence-corrected chi connectivity index (χ1v) is 9.29. The molecule has 9 heteroatoms. The standard InChI is InChI=1S/C18H15N3O5S/c1-12(16-10-9-13-5-2-3-8-17(13)18(16)22)19-20-27(25,26)15-7-4-6-14(11-15)21(23)24/h2-11,20,22H,1H3. The van der Waals surface area contributed by atoms with Gasteiger partial charge in [0.1, 0.15) is 5.75 Å². The van der Waals surface area contributed by atoms with Gasteiger partial charge in [-0.25, -0.2) is 0 Å². The molecule has 0 aliphatic rings. The molecule has 0 bridgehead atoms. The summed E-state index contributed by atoms with van der Waals surface area (Å²) in [5.41, 5.74) is 0.272. The summed E-state index contributed by atoms with van der Waals surface area (Å²) in [7, 11) is -4.10. The Kier molecular flexibility index (Phi) is 4.78. The number of hydrazone groups is 1. The summed E-state index contributed by atoms with van der Waals surface area (Å²) in [4.78, 5) is 11.9. The Morgan fingerprint density at radius 1 is 1.11 bits per heavy atom. The third-order valence-electron chi connectivity index (χ3n) is 3.96. The second kappa shape index (κ2) is 7.04. The number of aromatic hydroxyl groups is 1. The zero-order valence-corrected chi connectivity index (χ0v) is 15.0. The van der Waals surface area contributed by atoms with Crippen LogP contribution in [-0.4, -0.2) is 24.2 Å². The molecule has 2 N–H and O–H groups in total. The van der Waals surface area contributed by atoms with Gasteiger partial charge < -0.3 is 5.11 Å². The lowest BCUT2D eigenvalue weighted by Gasteiger charge is -2.09. The molecule has 3 aromatic carbocycles. The fourth-order valence-corrected chi connectivity index (χ4v) is 3.45. The molecule has 0 unspecified atom stereocenters. The van der Waals surface area contributed by atoms with Crippen LogP contribution in [-0.2, 0) is 10.0 Å². The number of benzene rings is 3. The van der Waals surface area contributed by atoms with Crippen molar-refractivity contribution in [2.45, 2.75) is 11.8 Å². The number of phenols is 1. The van der Waals surface area contributed by atoms with Gasteiger partial charge in [-0.2, -0.15) is 18.4 Å². The number of nitro groups is 1. The Labute approximate surface area is 155 Å². The van der Waals surface area contributed by atoms with Crippen molar-refractivity contribution in [3.63, 3.8) is 0 Å². The molecule has 0 radical (unpaired) electrons. The number of phenolic OH excluding ortho intramolecular Hbond substituents is 1. The minimum atomic E-state index is -4.10. The van der Waals surface area contributed by atoms with Gasteiger partial charge in [0.15, 0.2) is 0 Å². The van der Waals surface area contributed by atoms with Crippen molar-refractivity contribution in [2.75, 3.05) is 0 Å². The van der Waals surface area contributed by atoms with E-state index < -0.39 is 14.9 Å². The highest BCUT2D eigenvalue weighted by Crippen LogP contribution is 2.29. The number of sulfonamides is 1. The summed E-state index contributed by atoms with van der Waals surface area (Å²) in [6.45, 7) is 1.54. The predicted octanol–water partition coefficient (Wildman–Crippen LogP) is 3.16. The van der Waals surface area contributed by atoms with Crippen molar-refractivity contribution in [3.8, 4) is 5.75 Å². The zero-order valence-electron chi connectivity index (χ0n) is 14.2. The summed E-state index contributed by atoms with van der Waals surface area (Å²) in [5, 5.41) is 26.5. The number of hydrogen-bond acceptors (Lipinski definition) is 6. The summed E-state index contributed by atoms with van der Waals surface area (Å²) in [6, 6.07) is 15.3. The molecular weight excluding hydrogens is 370 g/mol. The molecule has 3 rings (SSSR count). The van der Waals surface area contributed by atoms with Gasteiger partial charge in [0, 0.05) is 23.1 Å². The molecule has 0 aliphatic carbocycles. The van der Waals surface area contributed by atoms with Crippen molar-refractivity contribution < 1.29 is 18.4 Å². The molecule has 27 heavy (non-hydrogen) atoms. The maximum absolute atomic E-state index is 12.3. The molecule has 8 nitrogen and oxygen atoms in total. The van der Waals surface area contributed by atoms with Crippen LogP contribution in [0.2, 0.25) is 0 Å². The van der Waals surface area contributed by atoms with Crippen LogP contribution in [0.25, 0.3) is 10.8 Å². The molecule has 0 saturated heterocycles. The first-order chi connectivity index (χ1) is 12.8. The number of nitro benzene ring substituents is 1. The molecule has 0 atom stereocenters. The van der Waals surface area contributed by atoms with Crippen molar-refractivity contribution in [1.82, 2.24) is 4.83 Å². The average molecular weight is 385 g/mol. The summed E-state index contributed by atoms with van der Waals surface area (Å²) < 4.78 is 24.7. The Morgan fingerprint density at radius 2 is 1.85 bits per heavy atom. The lowest BCUT2D eigenvalue weighted by Crippen LogP contribution is -2.20. The normalized spacial score (nSPS) is 12.1. The summed E-state index contributed by atoms with van der Waals surface area (Å²) >= 11 is 0. The second-order valence-corrected chi connectivity index (χ2v) is 7.39. The smallest absolute Gasteiger partial charge is 0.276 e. The van der Waals surface area contributed by atoms with Gasteiger partial charge in [0.2, 0.25) is 0 Å². The van der Waals surface area contributed by atoms with Crippen molar-refractivity contribution in [3.05, 3.63) is 76.3 Å². The first kappa shape index (κ1) is 18.3. The molecule has 0 spiro atoms. The summed E-state index contributed by atoms with van der Waals surface area (Å²) in [5.74, 6) is -0.0103. The van der Waals surface area contributed by atoms with E-state index in [-0.39, 0.29) is 22.0 Å². The molecule has 0 fully saturated rings. The van der Waals surface area contributed by atoms with E-state index in [1.807, 2.05) is 17.0 Å². The van der Waals surface area contributed by atoms with E-state index >= 15 is 0 Å². The highest BCUT2D eigenvalue weighted by Gasteiger charge is 2.17. The van der Waals surface area contributed by atoms with Gasteiger partial charge in [-0.1, -0.05) is 36.4 Å². The number of rotatable bonds is 5. The number of fused-ring (bicyclic) bond motifs is 1. The molecule has 0 amide bonds. The van der Waals surface area contributed by atoms with E-state index in [2.05, 4.69) is 5.10 Å². The van der Waals surface area contributed by atoms with E-state index in [1.54, 1.807) is 31.2 Å². The van der Waals surface area contributed by atoms with E-state index in [9.17, 15) is 23.6 Å². The number of hydrogen-bond donors (Lipinski definition) is 2. The van der Waals surface area contributed by atoms with Gasteiger partial charge in [-0.05, 0) is 24.4 Å². The highest BCUT2D eigenvalue weighted by atomic mass is 32.2. The molecule has 138 valence electrons. The average Bonchev–Trinajstić information content (AvgIpc) is 2.67. The Bertz CT molecular complexity index is 1170. The van der Waals surface area contributed by atoms with Crippen LogP contribution in [0.4, 0.5) is 5.69 Å². The topological polar surface area (TPSA) is 122 Å². The minimum Gasteiger partial charge on any atom is -0.507 e. The van der Waals surface area contributed by atoms with Crippen LogP contribution in [0, 0.1) is 10.1 Å². The Balaban J connectivity index is 1.92. The quantitative estimate of drug-likeness (QED) is 0.397. The van der Waals surface area contributed by atoms with Gasteiger partial charge in [0.05, 0.1) is 15.5 Å². The van der Waals surface area contributed by atoms with Crippen molar-refractivity contribution >= 4 is 32.2 Å². The lowest BCUT2D eigenvalue weighted by atomic mass is 10.0. The maximum Gasteiger partial charge on any atom is 0.276 e. The van der Waals surface area contributed by atoms with Gasteiger partial charge >= 0.3 is 0 Å². The molecule has 0 saturated carbocycles. The third-order valence-corrected chi connectivity index (χ3v) is 5.17. The van der Waals surface area contributed by atoms with Crippen LogP contribution in [0.15, 0.2) is 70.7 Å². The van der Waals surface area contributed by atoms with Gasteiger partial charge in [0.25, 0.3) is 15.7 Å². The van der Waals surface area contributed by atoms with Crippen molar-refractivity contribution in [1.29, 1.82) is 0 Å². The number of non-ortho nitro benzene ring substituents is 1. The van der Waals surface area contributed by atoms with E-state index in [1.165, 1.54) is 18.2 Å². The Hall–Kier alpha value is -3.46.